The summed E-state index contributed by atoms with van der Waals surface area (Å²) in [6.45, 7) is 6.14. The van der Waals surface area contributed by atoms with E-state index >= 15 is 0 Å². The lowest BCUT2D eigenvalue weighted by Gasteiger charge is -2.33. The van der Waals surface area contributed by atoms with Crippen molar-refractivity contribution in [2.45, 2.75) is 38.8 Å². The van der Waals surface area contributed by atoms with Crippen molar-refractivity contribution in [2.75, 3.05) is 6.54 Å². The first-order valence-electron chi connectivity index (χ1n) is 9.84. The predicted molar refractivity (Wildman–Crippen MR) is 118 cm³/mol. The molecule has 2 amide bonds. The van der Waals surface area contributed by atoms with Crippen LogP contribution in [0.2, 0.25) is 0 Å². The van der Waals surface area contributed by atoms with Crippen LogP contribution < -0.4 is 5.32 Å². The number of rotatable bonds is 7. The number of aromatic nitrogens is 2. The van der Waals surface area contributed by atoms with Gasteiger partial charge < -0.3 is 10.2 Å². The van der Waals surface area contributed by atoms with Gasteiger partial charge in [0.2, 0.25) is 5.91 Å². The minimum atomic E-state index is -0.775. The Morgan fingerprint density at radius 1 is 1.03 bits per heavy atom. The summed E-state index contributed by atoms with van der Waals surface area (Å²) >= 11 is 1.12. The quantitative estimate of drug-likeness (QED) is 0.627. The number of nitrogens with one attached hydrogen (secondary N) is 1. The van der Waals surface area contributed by atoms with Crippen molar-refractivity contribution >= 4 is 23.3 Å². The van der Waals surface area contributed by atoms with Crippen LogP contribution in [0.4, 0.5) is 0 Å². The molecule has 1 atom stereocenters. The second-order valence-electron chi connectivity index (χ2n) is 8.08. The molecule has 0 aliphatic carbocycles. The summed E-state index contributed by atoms with van der Waals surface area (Å²) in [5, 5.41) is 8.59. The summed E-state index contributed by atoms with van der Waals surface area (Å²) in [5.41, 5.74) is 1.66. The Bertz CT molecular complexity index is 954. The average molecular weight is 423 g/mol. The zero-order chi connectivity index (χ0) is 21.6. The Morgan fingerprint density at radius 2 is 1.67 bits per heavy atom. The topological polar surface area (TPSA) is 75.2 Å². The Balaban J connectivity index is 1.98. The van der Waals surface area contributed by atoms with Gasteiger partial charge in [0, 0.05) is 17.5 Å². The first-order valence-corrected chi connectivity index (χ1v) is 10.7. The largest absolute Gasteiger partial charge is 0.349 e. The normalized spacial score (nSPS) is 12.2. The van der Waals surface area contributed by atoms with Gasteiger partial charge in [0.1, 0.15) is 6.04 Å². The van der Waals surface area contributed by atoms with Crippen molar-refractivity contribution in [3.8, 4) is 0 Å². The molecule has 0 radical (unpaired) electrons. The van der Waals surface area contributed by atoms with Crippen LogP contribution in [-0.2, 0) is 11.2 Å². The number of carbonyl (C=O) groups is 2. The van der Waals surface area contributed by atoms with Gasteiger partial charge in [-0.05, 0) is 49.9 Å². The van der Waals surface area contributed by atoms with Crippen molar-refractivity contribution in [3.05, 3.63) is 82.9 Å². The lowest BCUT2D eigenvalue weighted by molar-refractivity contribution is -0.127. The van der Waals surface area contributed by atoms with E-state index in [-0.39, 0.29) is 17.5 Å². The molecule has 6 nitrogen and oxygen atoms in total. The Labute approximate surface area is 181 Å². The molecule has 30 heavy (non-hydrogen) atoms. The highest BCUT2D eigenvalue weighted by atomic mass is 32.1. The van der Waals surface area contributed by atoms with E-state index in [1.165, 1.54) is 0 Å². The molecule has 0 unspecified atom stereocenters. The molecular formula is C23H26N4O2S. The monoisotopic (exact) mass is 422 g/mol. The average Bonchev–Trinajstić information content (AvgIpc) is 3.25. The highest BCUT2D eigenvalue weighted by Crippen LogP contribution is 2.25. The molecule has 1 heterocycles. The SMILES string of the molecule is CC(C)(C)NC(=O)[C@@H](c1ccccc1)N(CCc1ccccc1)C(=O)c1csnn1. The van der Waals surface area contributed by atoms with Crippen LogP contribution in [0.25, 0.3) is 0 Å². The molecule has 0 saturated carbocycles. The van der Waals surface area contributed by atoms with Crippen LogP contribution in [0.15, 0.2) is 66.0 Å². The second kappa shape index (κ2) is 9.63. The standard InChI is InChI=1S/C23H26N4O2S/c1-23(2,3)24-21(28)20(18-12-8-5-9-13-18)27(22(29)19-16-30-26-25-19)15-14-17-10-6-4-7-11-17/h4-13,16,20H,14-15H2,1-3H3,(H,24,28)/t20-/m1/s1. The van der Waals surface area contributed by atoms with Crippen LogP contribution in [0, 0.1) is 0 Å². The van der Waals surface area contributed by atoms with E-state index in [0.717, 1.165) is 22.7 Å². The number of amides is 2. The lowest BCUT2D eigenvalue weighted by Crippen LogP contribution is -2.49. The minimum Gasteiger partial charge on any atom is -0.349 e. The molecule has 0 saturated heterocycles. The van der Waals surface area contributed by atoms with Crippen LogP contribution in [-0.4, -0.2) is 38.4 Å². The summed E-state index contributed by atoms with van der Waals surface area (Å²) in [7, 11) is 0. The van der Waals surface area contributed by atoms with E-state index in [0.29, 0.717) is 13.0 Å². The molecule has 7 heteroatoms. The molecule has 2 aromatic carbocycles. The molecule has 0 aliphatic heterocycles. The van der Waals surface area contributed by atoms with Crippen molar-refractivity contribution in [1.29, 1.82) is 0 Å². The van der Waals surface area contributed by atoms with E-state index in [4.69, 9.17) is 0 Å². The smallest absolute Gasteiger partial charge is 0.276 e. The summed E-state index contributed by atoms with van der Waals surface area (Å²) < 4.78 is 3.82. The minimum absolute atomic E-state index is 0.224. The van der Waals surface area contributed by atoms with E-state index in [1.54, 1.807) is 10.3 Å². The number of benzene rings is 2. The van der Waals surface area contributed by atoms with Gasteiger partial charge in [-0.2, -0.15) is 0 Å². The Kier molecular flexibility index (Phi) is 6.95. The first-order chi connectivity index (χ1) is 14.3. The van der Waals surface area contributed by atoms with Gasteiger partial charge in [-0.25, -0.2) is 0 Å². The molecule has 0 fully saturated rings. The molecular weight excluding hydrogens is 396 g/mol. The summed E-state index contributed by atoms with van der Waals surface area (Å²) in [6.07, 6.45) is 0.621. The maximum atomic E-state index is 13.4. The van der Waals surface area contributed by atoms with E-state index in [9.17, 15) is 9.59 Å². The summed E-state index contributed by atoms with van der Waals surface area (Å²) in [5.74, 6) is -0.532. The van der Waals surface area contributed by atoms with E-state index in [2.05, 4.69) is 14.9 Å². The summed E-state index contributed by atoms with van der Waals surface area (Å²) in [6, 6.07) is 18.5. The zero-order valence-electron chi connectivity index (χ0n) is 17.4. The van der Waals surface area contributed by atoms with Crippen molar-refractivity contribution in [1.82, 2.24) is 19.8 Å². The van der Waals surface area contributed by atoms with Crippen LogP contribution in [0.1, 0.15) is 48.4 Å². The molecule has 0 bridgehead atoms. The first kappa shape index (κ1) is 21.6. The fourth-order valence-electron chi connectivity index (χ4n) is 3.19. The van der Waals surface area contributed by atoms with Gasteiger partial charge in [0.25, 0.3) is 5.91 Å². The van der Waals surface area contributed by atoms with Crippen molar-refractivity contribution < 1.29 is 9.59 Å². The van der Waals surface area contributed by atoms with Crippen LogP contribution in [0.5, 0.6) is 0 Å². The van der Waals surface area contributed by atoms with E-state index in [1.807, 2.05) is 81.4 Å². The van der Waals surface area contributed by atoms with Gasteiger partial charge in [0.15, 0.2) is 5.69 Å². The number of carbonyl (C=O) groups excluding carboxylic acids is 2. The second-order valence-corrected chi connectivity index (χ2v) is 8.69. The van der Waals surface area contributed by atoms with Gasteiger partial charge in [-0.3, -0.25) is 9.59 Å². The number of hydrogen-bond donors (Lipinski definition) is 1. The highest BCUT2D eigenvalue weighted by molar-refractivity contribution is 7.03. The van der Waals surface area contributed by atoms with Gasteiger partial charge in [-0.15, -0.1) is 5.10 Å². The fourth-order valence-corrected chi connectivity index (χ4v) is 3.62. The van der Waals surface area contributed by atoms with E-state index < -0.39 is 11.6 Å². The Hall–Kier alpha value is -3.06. The molecule has 156 valence electrons. The third-order valence-electron chi connectivity index (χ3n) is 4.50. The number of nitrogens with zero attached hydrogens (tertiary/aromatic N) is 3. The predicted octanol–water partition coefficient (Wildman–Crippen LogP) is 3.88. The fraction of sp³-hybridized carbons (Fsp3) is 0.304. The number of hydrogen-bond acceptors (Lipinski definition) is 5. The molecule has 0 spiro atoms. The highest BCUT2D eigenvalue weighted by Gasteiger charge is 2.34. The molecule has 1 aromatic heterocycles. The molecule has 1 N–H and O–H groups in total. The van der Waals surface area contributed by atoms with Crippen LogP contribution >= 0.6 is 11.5 Å². The third-order valence-corrected chi connectivity index (χ3v) is 5.00. The molecule has 3 rings (SSSR count). The molecule has 0 aliphatic rings. The molecule has 3 aromatic rings. The van der Waals surface area contributed by atoms with Crippen molar-refractivity contribution in [3.63, 3.8) is 0 Å². The van der Waals surface area contributed by atoms with Gasteiger partial charge in [0.05, 0.1) is 0 Å². The maximum absolute atomic E-state index is 13.4. The van der Waals surface area contributed by atoms with Gasteiger partial charge >= 0.3 is 0 Å². The van der Waals surface area contributed by atoms with Crippen molar-refractivity contribution in [2.24, 2.45) is 0 Å². The lowest BCUT2D eigenvalue weighted by atomic mass is 10.0. The van der Waals surface area contributed by atoms with Crippen LogP contribution in [0.3, 0.4) is 0 Å². The third kappa shape index (κ3) is 5.73. The maximum Gasteiger partial charge on any atom is 0.276 e. The zero-order valence-corrected chi connectivity index (χ0v) is 18.2. The van der Waals surface area contributed by atoms with Gasteiger partial charge in [-0.1, -0.05) is 65.2 Å². The summed E-state index contributed by atoms with van der Waals surface area (Å²) in [4.78, 5) is 28.3. The Morgan fingerprint density at radius 3 is 2.23 bits per heavy atom.